The second kappa shape index (κ2) is 8.08. The molecule has 0 radical (unpaired) electrons. The average molecular weight is 375 g/mol. The van der Waals surface area contributed by atoms with E-state index in [0.717, 1.165) is 27.7 Å². The van der Waals surface area contributed by atoms with E-state index in [1.165, 1.54) is 32.1 Å². The summed E-state index contributed by atoms with van der Waals surface area (Å²) in [7, 11) is 0. The van der Waals surface area contributed by atoms with Crippen LogP contribution in [0, 0.1) is 6.92 Å². The van der Waals surface area contributed by atoms with E-state index >= 15 is 0 Å². The maximum atomic E-state index is 13.0. The Morgan fingerprint density at radius 2 is 1.92 bits per heavy atom. The van der Waals surface area contributed by atoms with Crippen molar-refractivity contribution in [1.82, 2.24) is 19.5 Å². The molecular formula is C19H26N4O2S. The van der Waals surface area contributed by atoms with Gasteiger partial charge in [0.15, 0.2) is 10.7 Å². The van der Waals surface area contributed by atoms with Crippen LogP contribution in [-0.4, -0.2) is 50.3 Å². The third kappa shape index (κ3) is 3.81. The van der Waals surface area contributed by atoms with Crippen molar-refractivity contribution < 1.29 is 9.29 Å². The van der Waals surface area contributed by atoms with E-state index in [0.29, 0.717) is 32.2 Å². The zero-order chi connectivity index (χ0) is 17.9. The molecule has 1 aliphatic carbocycles. The molecule has 1 aromatic carbocycles. The van der Waals surface area contributed by atoms with E-state index in [9.17, 15) is 4.55 Å². The van der Waals surface area contributed by atoms with Crippen molar-refractivity contribution in [3.63, 3.8) is 0 Å². The largest absolute Gasteiger partial charge is 0.593 e. The molecule has 2 heterocycles. The number of aromatic amines is 1. The molecule has 0 amide bonds. The first-order chi connectivity index (χ1) is 12.7. The van der Waals surface area contributed by atoms with E-state index in [1.807, 2.05) is 29.4 Å². The first-order valence-electron chi connectivity index (χ1n) is 9.50. The number of benzene rings is 1. The van der Waals surface area contributed by atoms with Gasteiger partial charge in [0.1, 0.15) is 5.82 Å². The highest BCUT2D eigenvalue weighted by atomic mass is 32.2. The molecule has 1 atom stereocenters. The number of hydrogen-bond acceptors (Lipinski definition) is 5. The van der Waals surface area contributed by atoms with E-state index < -0.39 is 11.4 Å². The number of H-pyrrole nitrogens is 1. The third-order valence-corrected chi connectivity index (χ3v) is 7.00. The highest BCUT2D eigenvalue weighted by Gasteiger charge is 2.27. The van der Waals surface area contributed by atoms with Crippen LogP contribution >= 0.6 is 0 Å². The summed E-state index contributed by atoms with van der Waals surface area (Å²) in [5.41, 5.74) is 1.98. The lowest BCUT2D eigenvalue weighted by Gasteiger charge is -2.27. The lowest BCUT2D eigenvalue weighted by Crippen LogP contribution is -2.40. The Morgan fingerprint density at radius 1 is 1.15 bits per heavy atom. The van der Waals surface area contributed by atoms with Gasteiger partial charge in [-0.05, 0) is 19.8 Å². The molecule has 4 rings (SSSR count). The summed E-state index contributed by atoms with van der Waals surface area (Å²) < 4.78 is 20.3. The molecule has 140 valence electrons. The zero-order valence-electron chi connectivity index (χ0n) is 15.2. The molecule has 1 unspecified atom stereocenters. The summed E-state index contributed by atoms with van der Waals surface area (Å²) in [6.07, 6.45) is 6.25. The maximum absolute atomic E-state index is 13.0. The van der Waals surface area contributed by atoms with Crippen LogP contribution in [0.15, 0.2) is 23.1 Å². The lowest BCUT2D eigenvalue weighted by atomic mass is 9.89. The van der Waals surface area contributed by atoms with Crippen LogP contribution in [0.2, 0.25) is 0 Å². The van der Waals surface area contributed by atoms with E-state index in [-0.39, 0.29) is 0 Å². The Morgan fingerprint density at radius 3 is 2.69 bits per heavy atom. The Balaban J connectivity index is 1.56. The summed E-state index contributed by atoms with van der Waals surface area (Å²) in [5.74, 6) is 2.26. The topological polar surface area (TPSA) is 77.1 Å². The highest BCUT2D eigenvalue weighted by molar-refractivity contribution is 7.89. The van der Waals surface area contributed by atoms with Gasteiger partial charge >= 0.3 is 0 Å². The fraction of sp³-hybridized carbons (Fsp3) is 0.579. The van der Waals surface area contributed by atoms with Gasteiger partial charge in [0.25, 0.3) is 0 Å². The molecule has 1 saturated heterocycles. The van der Waals surface area contributed by atoms with Crippen molar-refractivity contribution in [2.45, 2.75) is 49.8 Å². The van der Waals surface area contributed by atoms with Crippen molar-refractivity contribution in [3.05, 3.63) is 29.6 Å². The van der Waals surface area contributed by atoms with Crippen molar-refractivity contribution >= 4 is 11.4 Å². The number of hydrogen-bond donors (Lipinski definition) is 1. The van der Waals surface area contributed by atoms with Crippen molar-refractivity contribution in [2.24, 2.45) is 0 Å². The molecule has 1 aromatic heterocycles. The number of nitrogens with one attached hydrogen (secondary N) is 1. The number of aromatic nitrogens is 3. The van der Waals surface area contributed by atoms with E-state index in [1.54, 1.807) is 0 Å². The van der Waals surface area contributed by atoms with Crippen molar-refractivity contribution in [2.75, 3.05) is 26.3 Å². The molecule has 2 fully saturated rings. The Kier molecular flexibility index (Phi) is 5.59. The molecular weight excluding hydrogens is 348 g/mol. The third-order valence-electron chi connectivity index (χ3n) is 5.35. The Hall–Kier alpha value is -1.41. The van der Waals surface area contributed by atoms with Gasteiger partial charge in [-0.25, -0.2) is 0 Å². The Bertz CT molecular complexity index is 739. The molecule has 2 aliphatic rings. The van der Waals surface area contributed by atoms with Gasteiger partial charge < -0.3 is 14.3 Å². The quantitative estimate of drug-likeness (QED) is 0.832. The number of nitrogens with zero attached hydrogens (tertiary/aromatic N) is 3. The predicted molar refractivity (Wildman–Crippen MR) is 101 cm³/mol. The first-order valence-corrected chi connectivity index (χ1v) is 10.6. The second-order valence-corrected chi connectivity index (χ2v) is 8.62. The van der Waals surface area contributed by atoms with Gasteiger partial charge in [0.2, 0.25) is 0 Å². The van der Waals surface area contributed by atoms with E-state index in [2.05, 4.69) is 15.2 Å². The highest BCUT2D eigenvalue weighted by Crippen LogP contribution is 2.32. The van der Waals surface area contributed by atoms with Crippen LogP contribution in [0.3, 0.4) is 0 Å². The zero-order valence-corrected chi connectivity index (χ0v) is 16.1. The van der Waals surface area contributed by atoms with Gasteiger partial charge in [-0.2, -0.15) is 0 Å². The Labute approximate surface area is 157 Å². The molecule has 7 heteroatoms. The first kappa shape index (κ1) is 18.0. The van der Waals surface area contributed by atoms with Crippen molar-refractivity contribution in [1.29, 1.82) is 0 Å². The van der Waals surface area contributed by atoms with Gasteiger partial charge in [-0.3, -0.25) is 0 Å². The SMILES string of the molecule is Cc1ccc(-c2nnc(C3CCCCC3)[nH]2)cc1[S+]([O-])N1CCOCC1. The van der Waals surface area contributed by atoms with E-state index in [4.69, 9.17) is 4.74 Å². The fourth-order valence-corrected chi connectivity index (χ4v) is 5.08. The standard InChI is InChI=1S/C19H26N4O2S/c1-14-7-8-16(13-17(14)26(24)23-9-11-25-12-10-23)19-20-18(21-22-19)15-5-3-2-4-6-15/h7-8,13,15H,2-6,9-12H2,1H3,(H,20,21,22). The molecule has 1 aliphatic heterocycles. The smallest absolute Gasteiger partial charge is 0.177 e. The molecule has 1 saturated carbocycles. The second-order valence-electron chi connectivity index (χ2n) is 7.16. The molecule has 6 nitrogen and oxygen atoms in total. The molecule has 26 heavy (non-hydrogen) atoms. The van der Waals surface area contributed by atoms with Gasteiger partial charge in [-0.1, -0.05) is 31.4 Å². The van der Waals surface area contributed by atoms with Crippen LogP contribution in [0.5, 0.6) is 0 Å². The molecule has 0 spiro atoms. The lowest BCUT2D eigenvalue weighted by molar-refractivity contribution is 0.0730. The van der Waals surface area contributed by atoms with Gasteiger partial charge in [0, 0.05) is 23.1 Å². The normalized spacial score (nSPS) is 21.0. The minimum absolute atomic E-state index is 0.498. The van der Waals surface area contributed by atoms with Gasteiger partial charge in [-0.15, -0.1) is 14.5 Å². The monoisotopic (exact) mass is 374 g/mol. The summed E-state index contributed by atoms with van der Waals surface area (Å²) in [4.78, 5) is 4.26. The minimum atomic E-state index is -1.17. The predicted octanol–water partition coefficient (Wildman–Crippen LogP) is 3.18. The summed E-state index contributed by atoms with van der Waals surface area (Å²) in [6.45, 7) is 4.68. The summed E-state index contributed by atoms with van der Waals surface area (Å²) in [6, 6.07) is 6.04. The number of rotatable bonds is 4. The number of ether oxygens (including phenoxy) is 1. The molecule has 2 aromatic rings. The van der Waals surface area contributed by atoms with Crippen LogP contribution in [0.4, 0.5) is 0 Å². The minimum Gasteiger partial charge on any atom is -0.593 e. The summed E-state index contributed by atoms with van der Waals surface area (Å²) >= 11 is -1.17. The van der Waals surface area contributed by atoms with Crippen molar-refractivity contribution in [3.8, 4) is 11.4 Å². The maximum Gasteiger partial charge on any atom is 0.177 e. The fourth-order valence-electron chi connectivity index (χ4n) is 3.75. The number of morpholine rings is 1. The average Bonchev–Trinajstić information content (AvgIpc) is 3.19. The molecule has 0 bridgehead atoms. The van der Waals surface area contributed by atoms with Crippen LogP contribution in [0.25, 0.3) is 11.4 Å². The number of aryl methyl sites for hydroxylation is 1. The van der Waals surface area contributed by atoms with Crippen LogP contribution in [-0.2, 0) is 16.1 Å². The molecule has 1 N–H and O–H groups in total. The van der Waals surface area contributed by atoms with Gasteiger partial charge in [0.05, 0.1) is 37.7 Å². The summed E-state index contributed by atoms with van der Waals surface area (Å²) in [5, 5.41) is 8.76. The van der Waals surface area contributed by atoms with Crippen LogP contribution < -0.4 is 0 Å². The van der Waals surface area contributed by atoms with Crippen LogP contribution in [0.1, 0.15) is 49.4 Å².